The standard InChI is InChI=1S/C25H23FN4O3S/c1-33-19-10-6-17(7-11-19)21-13-22(23(31)15-29(21)25(32)24-3-2-12-34-24)30-14-20(27-28-30)16-4-8-18(26)9-5-16/h2-12,14,21-23,31H,13,15H2,1H3/t21-,22-,23-/m1/s1. The number of nitrogens with zero attached hydrogens (tertiary/aromatic N) is 4. The van der Waals surface area contributed by atoms with Crippen molar-refractivity contribution in [3.05, 3.63) is 88.5 Å². The fourth-order valence-corrected chi connectivity index (χ4v) is 5.03. The van der Waals surface area contributed by atoms with Crippen LogP contribution < -0.4 is 4.74 Å². The number of aliphatic hydroxyl groups excluding tert-OH is 1. The van der Waals surface area contributed by atoms with Gasteiger partial charge in [0.15, 0.2) is 0 Å². The van der Waals surface area contributed by atoms with Crippen molar-refractivity contribution in [2.75, 3.05) is 13.7 Å². The zero-order chi connectivity index (χ0) is 23.7. The number of amides is 1. The van der Waals surface area contributed by atoms with Gasteiger partial charge in [0.25, 0.3) is 5.91 Å². The molecule has 9 heteroatoms. The Kier molecular flexibility index (Phi) is 6.12. The van der Waals surface area contributed by atoms with Crippen molar-refractivity contribution in [2.24, 2.45) is 0 Å². The van der Waals surface area contributed by atoms with Gasteiger partial charge in [-0.05, 0) is 59.8 Å². The number of hydrogen-bond acceptors (Lipinski definition) is 6. The molecule has 1 aliphatic rings. The Hall–Kier alpha value is -3.56. The highest BCUT2D eigenvalue weighted by atomic mass is 32.1. The minimum absolute atomic E-state index is 0.112. The van der Waals surface area contributed by atoms with Crippen LogP contribution in [-0.4, -0.2) is 50.7 Å². The fraction of sp³-hybridized carbons (Fsp3) is 0.240. The number of aliphatic hydroxyl groups is 1. The second-order valence-electron chi connectivity index (χ2n) is 8.18. The van der Waals surface area contributed by atoms with E-state index in [0.29, 0.717) is 17.0 Å². The molecule has 1 fully saturated rings. The molecule has 0 spiro atoms. The van der Waals surface area contributed by atoms with E-state index >= 15 is 0 Å². The summed E-state index contributed by atoms with van der Waals surface area (Å²) < 4.78 is 20.2. The Morgan fingerprint density at radius 1 is 1.15 bits per heavy atom. The van der Waals surface area contributed by atoms with E-state index in [-0.39, 0.29) is 30.4 Å². The normalized spacial score (nSPS) is 20.3. The maximum Gasteiger partial charge on any atom is 0.264 e. The number of thiophene rings is 1. The van der Waals surface area contributed by atoms with Crippen molar-refractivity contribution in [2.45, 2.75) is 24.6 Å². The molecule has 0 unspecified atom stereocenters. The molecular formula is C25H23FN4O3S. The molecular weight excluding hydrogens is 455 g/mol. The third kappa shape index (κ3) is 4.32. The lowest BCUT2D eigenvalue weighted by Gasteiger charge is -2.42. The Bertz CT molecular complexity index is 1260. The van der Waals surface area contributed by atoms with Gasteiger partial charge < -0.3 is 14.7 Å². The van der Waals surface area contributed by atoms with E-state index in [0.717, 1.165) is 16.9 Å². The number of halogens is 1. The lowest BCUT2D eigenvalue weighted by atomic mass is 9.89. The van der Waals surface area contributed by atoms with Gasteiger partial charge in [-0.2, -0.15) is 0 Å². The number of carbonyl (C=O) groups is 1. The summed E-state index contributed by atoms with van der Waals surface area (Å²) in [7, 11) is 1.61. The molecule has 3 atom stereocenters. The number of benzene rings is 2. The molecule has 0 saturated carbocycles. The largest absolute Gasteiger partial charge is 0.497 e. The molecule has 4 aromatic rings. The number of β-amino-alcohol motifs (C(OH)–C–C–N with tert-alkyl or cyclic N) is 1. The Morgan fingerprint density at radius 2 is 1.91 bits per heavy atom. The van der Waals surface area contributed by atoms with Crippen molar-refractivity contribution in [1.29, 1.82) is 0 Å². The van der Waals surface area contributed by atoms with Crippen molar-refractivity contribution in [3.8, 4) is 17.0 Å². The van der Waals surface area contributed by atoms with Crippen LogP contribution in [-0.2, 0) is 0 Å². The van der Waals surface area contributed by atoms with Gasteiger partial charge in [-0.25, -0.2) is 9.07 Å². The van der Waals surface area contributed by atoms with E-state index in [1.165, 1.54) is 23.5 Å². The first-order valence-electron chi connectivity index (χ1n) is 10.9. The number of hydrogen-bond donors (Lipinski definition) is 1. The highest BCUT2D eigenvalue weighted by Gasteiger charge is 2.40. The molecule has 0 aliphatic carbocycles. The van der Waals surface area contributed by atoms with Crippen molar-refractivity contribution < 1.29 is 19.0 Å². The minimum Gasteiger partial charge on any atom is -0.497 e. The monoisotopic (exact) mass is 478 g/mol. The van der Waals surface area contributed by atoms with E-state index in [1.54, 1.807) is 41.1 Å². The number of ether oxygens (including phenoxy) is 1. The van der Waals surface area contributed by atoms with Gasteiger partial charge in [-0.3, -0.25) is 4.79 Å². The van der Waals surface area contributed by atoms with E-state index in [4.69, 9.17) is 4.74 Å². The predicted molar refractivity (Wildman–Crippen MR) is 126 cm³/mol. The number of piperidine rings is 1. The Balaban J connectivity index is 1.46. The molecule has 0 radical (unpaired) electrons. The second kappa shape index (κ2) is 9.36. The van der Waals surface area contributed by atoms with E-state index in [1.807, 2.05) is 35.7 Å². The van der Waals surface area contributed by atoms with Crippen LogP contribution in [0.1, 0.15) is 33.7 Å². The topological polar surface area (TPSA) is 80.5 Å². The predicted octanol–water partition coefficient (Wildman–Crippen LogP) is 4.34. The van der Waals surface area contributed by atoms with Gasteiger partial charge in [-0.1, -0.05) is 23.4 Å². The van der Waals surface area contributed by atoms with Crippen LogP contribution in [0.2, 0.25) is 0 Å². The fourth-order valence-electron chi connectivity index (χ4n) is 4.35. The summed E-state index contributed by atoms with van der Waals surface area (Å²) in [6.07, 6.45) is 1.38. The van der Waals surface area contributed by atoms with Crippen molar-refractivity contribution >= 4 is 17.2 Å². The zero-order valence-electron chi connectivity index (χ0n) is 18.4. The first-order valence-corrected chi connectivity index (χ1v) is 11.8. The summed E-state index contributed by atoms with van der Waals surface area (Å²) in [6.45, 7) is 0.157. The number of aromatic nitrogens is 3. The van der Waals surface area contributed by atoms with Crippen LogP contribution in [0.5, 0.6) is 5.75 Å². The van der Waals surface area contributed by atoms with Gasteiger partial charge in [0, 0.05) is 12.1 Å². The zero-order valence-corrected chi connectivity index (χ0v) is 19.2. The molecule has 7 nitrogen and oxygen atoms in total. The molecule has 34 heavy (non-hydrogen) atoms. The molecule has 2 aromatic carbocycles. The van der Waals surface area contributed by atoms with Crippen molar-refractivity contribution in [1.82, 2.24) is 19.9 Å². The molecule has 1 amide bonds. The summed E-state index contributed by atoms with van der Waals surface area (Å²) in [5.74, 6) is 0.295. The quantitative estimate of drug-likeness (QED) is 0.462. The van der Waals surface area contributed by atoms with Crippen LogP contribution >= 0.6 is 11.3 Å². The third-order valence-corrected chi connectivity index (χ3v) is 7.01. The van der Waals surface area contributed by atoms with E-state index < -0.39 is 6.10 Å². The van der Waals surface area contributed by atoms with Crippen LogP contribution in [0.4, 0.5) is 4.39 Å². The Morgan fingerprint density at radius 3 is 2.59 bits per heavy atom. The molecule has 174 valence electrons. The second-order valence-corrected chi connectivity index (χ2v) is 9.13. The lowest BCUT2D eigenvalue weighted by molar-refractivity contribution is -0.00383. The minimum atomic E-state index is -0.832. The van der Waals surface area contributed by atoms with E-state index in [9.17, 15) is 14.3 Å². The Labute approximate surface area is 200 Å². The van der Waals surface area contributed by atoms with Crippen LogP contribution in [0.15, 0.2) is 72.2 Å². The van der Waals surface area contributed by atoms with Crippen LogP contribution in [0.3, 0.4) is 0 Å². The van der Waals surface area contributed by atoms with Gasteiger partial charge in [-0.15, -0.1) is 16.4 Å². The third-order valence-electron chi connectivity index (χ3n) is 6.15. The molecule has 1 aliphatic heterocycles. The average molecular weight is 479 g/mol. The van der Waals surface area contributed by atoms with Crippen LogP contribution in [0, 0.1) is 5.82 Å². The van der Waals surface area contributed by atoms with Gasteiger partial charge in [0.1, 0.15) is 17.3 Å². The summed E-state index contributed by atoms with van der Waals surface area (Å²) in [4.78, 5) is 15.7. The molecule has 5 rings (SSSR count). The maximum absolute atomic E-state index is 13.3. The number of likely N-dealkylation sites (tertiary alicyclic amines) is 1. The highest BCUT2D eigenvalue weighted by molar-refractivity contribution is 7.12. The van der Waals surface area contributed by atoms with Gasteiger partial charge >= 0.3 is 0 Å². The van der Waals surface area contributed by atoms with Gasteiger partial charge in [0.2, 0.25) is 0 Å². The van der Waals surface area contributed by atoms with Crippen LogP contribution in [0.25, 0.3) is 11.3 Å². The molecule has 1 saturated heterocycles. The first-order chi connectivity index (χ1) is 16.5. The average Bonchev–Trinajstić information content (AvgIpc) is 3.57. The molecule has 0 bridgehead atoms. The van der Waals surface area contributed by atoms with Gasteiger partial charge in [0.05, 0.1) is 36.4 Å². The molecule has 3 heterocycles. The highest BCUT2D eigenvalue weighted by Crippen LogP contribution is 2.38. The SMILES string of the molecule is COc1ccc([C@H]2C[C@@H](n3cc(-c4ccc(F)cc4)nn3)[C@H](O)CN2C(=O)c2cccs2)cc1. The summed E-state index contributed by atoms with van der Waals surface area (Å²) in [5, 5.41) is 21.4. The van der Waals surface area contributed by atoms with Crippen molar-refractivity contribution in [3.63, 3.8) is 0 Å². The number of methoxy groups -OCH3 is 1. The lowest BCUT2D eigenvalue weighted by Crippen LogP contribution is -2.49. The summed E-state index contributed by atoms with van der Waals surface area (Å²) in [6, 6.07) is 16.6. The summed E-state index contributed by atoms with van der Waals surface area (Å²) in [5.41, 5.74) is 2.27. The molecule has 1 N–H and O–H groups in total. The number of carbonyl (C=O) groups excluding carboxylic acids is 1. The summed E-state index contributed by atoms with van der Waals surface area (Å²) >= 11 is 1.38. The smallest absolute Gasteiger partial charge is 0.264 e. The maximum atomic E-state index is 13.3. The molecule has 2 aromatic heterocycles. The number of rotatable bonds is 5. The first kappa shape index (κ1) is 22.2. The van der Waals surface area contributed by atoms with E-state index in [2.05, 4.69) is 10.3 Å².